The predicted octanol–water partition coefficient (Wildman–Crippen LogP) is 2.56. The zero-order chi connectivity index (χ0) is 16.7. The number of rotatable bonds is 7. The van der Waals surface area contributed by atoms with Crippen LogP contribution in [0.4, 0.5) is 11.4 Å². The van der Waals surface area contributed by atoms with Gasteiger partial charge in [0.05, 0.1) is 13.1 Å². The van der Waals surface area contributed by atoms with Gasteiger partial charge in [-0.1, -0.05) is 6.92 Å². The molecule has 0 aliphatic rings. The molecule has 0 saturated heterocycles. The molecular weight excluding hydrogens is 312 g/mol. The monoisotopic (exact) mass is 332 g/mol. The van der Waals surface area contributed by atoms with Gasteiger partial charge in [0.1, 0.15) is 5.01 Å². The Bertz CT molecular complexity index is 641. The highest BCUT2D eigenvalue weighted by molar-refractivity contribution is 7.09. The minimum absolute atomic E-state index is 0.0734. The molecule has 7 heteroatoms. The Morgan fingerprint density at radius 3 is 2.35 bits per heavy atom. The van der Waals surface area contributed by atoms with Crippen molar-refractivity contribution >= 4 is 34.5 Å². The Morgan fingerprint density at radius 2 is 1.83 bits per heavy atom. The first-order valence-corrected chi connectivity index (χ1v) is 8.23. The number of nitrogens with one attached hydrogen (secondary N) is 2. The molecule has 0 bridgehead atoms. The van der Waals surface area contributed by atoms with Crippen molar-refractivity contribution in [3.05, 3.63) is 40.8 Å². The number of likely N-dealkylation sites (N-methyl/N-ethyl adjacent to an activating group) is 1. The highest BCUT2D eigenvalue weighted by Crippen LogP contribution is 2.14. The third-order valence-electron chi connectivity index (χ3n) is 3.15. The molecule has 0 aliphatic carbocycles. The molecular formula is C16H20N4O2S. The topological polar surface area (TPSA) is 74.3 Å². The van der Waals surface area contributed by atoms with Crippen LogP contribution in [0.5, 0.6) is 0 Å². The summed E-state index contributed by atoms with van der Waals surface area (Å²) in [6, 6.07) is 7.04. The number of hydrogen-bond donors (Lipinski definition) is 2. The van der Waals surface area contributed by atoms with Gasteiger partial charge >= 0.3 is 0 Å². The van der Waals surface area contributed by atoms with Gasteiger partial charge in [0.25, 0.3) is 0 Å². The van der Waals surface area contributed by atoms with Crippen molar-refractivity contribution in [1.29, 1.82) is 0 Å². The normalized spacial score (nSPS) is 10.6. The summed E-state index contributed by atoms with van der Waals surface area (Å²) in [4.78, 5) is 29.4. The van der Waals surface area contributed by atoms with Crippen LogP contribution in [0, 0.1) is 0 Å². The van der Waals surface area contributed by atoms with Crippen LogP contribution >= 0.6 is 11.3 Å². The van der Waals surface area contributed by atoms with E-state index >= 15 is 0 Å². The van der Waals surface area contributed by atoms with Crippen molar-refractivity contribution in [3.63, 3.8) is 0 Å². The molecule has 0 radical (unpaired) electrons. The first kappa shape index (κ1) is 17.1. The molecule has 0 saturated carbocycles. The second-order valence-electron chi connectivity index (χ2n) is 5.04. The van der Waals surface area contributed by atoms with Gasteiger partial charge in [0.15, 0.2) is 0 Å². The quantitative estimate of drug-likeness (QED) is 0.817. The van der Waals surface area contributed by atoms with Crippen LogP contribution in [-0.2, 0) is 16.1 Å². The second-order valence-corrected chi connectivity index (χ2v) is 6.01. The van der Waals surface area contributed by atoms with E-state index in [1.54, 1.807) is 41.8 Å². The first-order chi connectivity index (χ1) is 11.1. The molecule has 1 heterocycles. The summed E-state index contributed by atoms with van der Waals surface area (Å²) in [5.41, 5.74) is 1.41. The van der Waals surface area contributed by atoms with Crippen LogP contribution in [-0.4, -0.2) is 34.8 Å². The molecule has 0 atom stereocenters. The lowest BCUT2D eigenvalue weighted by atomic mass is 10.2. The number of anilines is 2. The Labute approximate surface area is 139 Å². The number of benzene rings is 1. The maximum Gasteiger partial charge on any atom is 0.238 e. The number of hydrogen-bond acceptors (Lipinski definition) is 5. The van der Waals surface area contributed by atoms with Gasteiger partial charge in [-0.3, -0.25) is 14.5 Å². The van der Waals surface area contributed by atoms with Gasteiger partial charge in [-0.2, -0.15) is 0 Å². The smallest absolute Gasteiger partial charge is 0.238 e. The average Bonchev–Trinajstić information content (AvgIpc) is 3.01. The molecule has 2 rings (SSSR count). The average molecular weight is 332 g/mol. The second kappa shape index (κ2) is 8.40. The summed E-state index contributed by atoms with van der Waals surface area (Å²) in [5.74, 6) is -0.196. The van der Waals surface area contributed by atoms with Crippen LogP contribution in [0.25, 0.3) is 0 Å². The molecule has 0 spiro atoms. The fourth-order valence-electron chi connectivity index (χ4n) is 2.05. The van der Waals surface area contributed by atoms with Crippen LogP contribution < -0.4 is 10.6 Å². The Hall–Kier alpha value is -2.25. The maximum atomic E-state index is 12.1. The lowest BCUT2D eigenvalue weighted by Crippen LogP contribution is -2.32. The van der Waals surface area contributed by atoms with Gasteiger partial charge in [0.2, 0.25) is 11.8 Å². The lowest BCUT2D eigenvalue weighted by molar-refractivity contribution is -0.117. The van der Waals surface area contributed by atoms with Gasteiger partial charge in [-0.05, 0) is 30.8 Å². The molecule has 1 aromatic heterocycles. The summed E-state index contributed by atoms with van der Waals surface area (Å²) in [6.45, 7) is 5.22. The highest BCUT2D eigenvalue weighted by Gasteiger charge is 2.11. The standard InChI is InChI=1S/C16H20N4O2S/c1-3-20(11-16-17-8-9-23-16)10-15(22)19-14-6-4-13(5-7-14)18-12(2)21/h4-9H,3,10-11H2,1-2H3,(H,18,21)(H,19,22). The van der Waals surface area contributed by atoms with Crippen molar-refractivity contribution in [2.45, 2.75) is 20.4 Å². The van der Waals surface area contributed by atoms with E-state index in [0.717, 1.165) is 11.6 Å². The molecule has 1 aromatic carbocycles. The minimum atomic E-state index is -0.123. The van der Waals surface area contributed by atoms with Crippen LogP contribution in [0.1, 0.15) is 18.9 Å². The van der Waals surface area contributed by atoms with Crippen molar-refractivity contribution in [3.8, 4) is 0 Å². The van der Waals surface area contributed by atoms with Crippen molar-refractivity contribution in [1.82, 2.24) is 9.88 Å². The maximum absolute atomic E-state index is 12.1. The molecule has 0 unspecified atom stereocenters. The fourth-order valence-corrected chi connectivity index (χ4v) is 2.70. The van der Waals surface area contributed by atoms with Crippen LogP contribution in [0.15, 0.2) is 35.8 Å². The molecule has 122 valence electrons. The predicted molar refractivity (Wildman–Crippen MR) is 92.4 cm³/mol. The molecule has 2 amide bonds. The molecule has 0 aliphatic heterocycles. The number of nitrogens with zero attached hydrogens (tertiary/aromatic N) is 2. The molecule has 0 fully saturated rings. The molecule has 2 N–H and O–H groups in total. The van der Waals surface area contributed by atoms with Gasteiger partial charge in [-0.15, -0.1) is 11.3 Å². The van der Waals surface area contributed by atoms with E-state index in [1.807, 2.05) is 17.2 Å². The van der Waals surface area contributed by atoms with E-state index in [4.69, 9.17) is 0 Å². The zero-order valence-electron chi connectivity index (χ0n) is 13.2. The highest BCUT2D eigenvalue weighted by atomic mass is 32.1. The number of thiazole rings is 1. The van der Waals surface area contributed by atoms with E-state index in [9.17, 15) is 9.59 Å². The van der Waals surface area contributed by atoms with E-state index in [1.165, 1.54) is 6.92 Å². The zero-order valence-corrected chi connectivity index (χ0v) is 14.0. The minimum Gasteiger partial charge on any atom is -0.326 e. The molecule has 6 nitrogen and oxygen atoms in total. The van der Waals surface area contributed by atoms with Crippen molar-refractivity contribution in [2.24, 2.45) is 0 Å². The van der Waals surface area contributed by atoms with Gasteiger partial charge in [-0.25, -0.2) is 4.98 Å². The van der Waals surface area contributed by atoms with E-state index in [0.29, 0.717) is 24.5 Å². The summed E-state index contributed by atoms with van der Waals surface area (Å²) in [5, 5.41) is 8.47. The third kappa shape index (κ3) is 5.80. The first-order valence-electron chi connectivity index (χ1n) is 7.35. The van der Waals surface area contributed by atoms with E-state index in [-0.39, 0.29) is 11.8 Å². The third-order valence-corrected chi connectivity index (χ3v) is 3.91. The largest absolute Gasteiger partial charge is 0.326 e. The summed E-state index contributed by atoms with van der Waals surface area (Å²) in [7, 11) is 0. The van der Waals surface area contributed by atoms with Crippen molar-refractivity contribution in [2.75, 3.05) is 23.7 Å². The number of carbonyl (C=O) groups excluding carboxylic acids is 2. The van der Waals surface area contributed by atoms with E-state index < -0.39 is 0 Å². The van der Waals surface area contributed by atoms with Crippen molar-refractivity contribution < 1.29 is 9.59 Å². The van der Waals surface area contributed by atoms with Crippen LogP contribution in [0.3, 0.4) is 0 Å². The van der Waals surface area contributed by atoms with Crippen LogP contribution in [0.2, 0.25) is 0 Å². The Kier molecular flexibility index (Phi) is 6.25. The lowest BCUT2D eigenvalue weighted by Gasteiger charge is -2.18. The summed E-state index contributed by atoms with van der Waals surface area (Å²) >= 11 is 1.59. The summed E-state index contributed by atoms with van der Waals surface area (Å²) < 4.78 is 0. The van der Waals surface area contributed by atoms with Gasteiger partial charge < -0.3 is 10.6 Å². The Balaban J connectivity index is 1.86. The van der Waals surface area contributed by atoms with Gasteiger partial charge in [0, 0.05) is 29.9 Å². The Morgan fingerprint density at radius 1 is 1.17 bits per heavy atom. The molecule has 23 heavy (non-hydrogen) atoms. The molecule has 2 aromatic rings. The number of aromatic nitrogens is 1. The van der Waals surface area contributed by atoms with E-state index in [2.05, 4.69) is 15.6 Å². The number of carbonyl (C=O) groups is 2. The number of amides is 2. The summed E-state index contributed by atoms with van der Waals surface area (Å²) in [6.07, 6.45) is 1.77. The SMILES string of the molecule is CCN(CC(=O)Nc1ccc(NC(C)=O)cc1)Cc1nccs1. The fraction of sp³-hybridized carbons (Fsp3) is 0.312.